The molecule has 0 radical (unpaired) electrons. The standard InChI is InChI=1S/C20H21N9O5S2/c1-9-3-4-22-28-6-5-27(16(9)28)7-10-8-35-18-12(17(31)29(18)13(10)19(32)33)23-15(30)11(25-34-2)14-24-20(21)36-26-14/h4-6,12,18H,3,7-8H2,1-2H3,(H,23,30)(H,32,33)(H2,21,24,26)/t12-,18+/m1/s1. The van der Waals surface area contributed by atoms with Gasteiger partial charge in [0.1, 0.15) is 30.0 Å². The first-order chi connectivity index (χ1) is 17.3. The Morgan fingerprint density at radius 1 is 1.39 bits per heavy atom. The molecule has 0 unspecified atom stereocenters. The smallest absolute Gasteiger partial charge is 0.352 e. The van der Waals surface area contributed by atoms with Crippen LogP contribution in [0.5, 0.6) is 0 Å². The van der Waals surface area contributed by atoms with Crippen LogP contribution in [0.25, 0.3) is 0 Å². The van der Waals surface area contributed by atoms with Crippen LogP contribution in [0.1, 0.15) is 19.2 Å². The number of carboxylic acids is 1. The Bertz CT molecular complexity index is 1300. The number of carbonyl (C=O) groups excluding carboxylic acids is 2. The molecule has 5 rings (SSSR count). The Kier molecular flexibility index (Phi) is 6.13. The topological polar surface area (TPSA) is 179 Å². The molecule has 14 nitrogen and oxygen atoms in total. The molecule has 4 aliphatic rings. The minimum atomic E-state index is -1.20. The van der Waals surface area contributed by atoms with E-state index in [4.69, 9.17) is 10.6 Å². The molecule has 0 aromatic carbocycles. The van der Waals surface area contributed by atoms with Gasteiger partial charge in [-0.2, -0.15) is 14.5 Å². The Hall–Kier alpha value is -3.92. The first-order valence-electron chi connectivity index (χ1n) is 10.7. The van der Waals surface area contributed by atoms with Gasteiger partial charge in [0.25, 0.3) is 11.8 Å². The largest absolute Gasteiger partial charge is 0.477 e. The molecule has 0 aliphatic carbocycles. The molecule has 1 aromatic rings. The number of carboxylic acid groups (broad SMARTS) is 1. The fourth-order valence-corrected chi connectivity index (χ4v) is 6.03. The summed E-state index contributed by atoms with van der Waals surface area (Å²) in [5.41, 5.74) is 6.97. The summed E-state index contributed by atoms with van der Waals surface area (Å²) in [6, 6.07) is -0.948. The van der Waals surface area contributed by atoms with E-state index in [1.54, 1.807) is 11.2 Å². The third-order valence-electron chi connectivity index (χ3n) is 5.81. The van der Waals surface area contributed by atoms with E-state index in [-0.39, 0.29) is 22.4 Å². The third-order valence-corrected chi connectivity index (χ3v) is 7.69. The number of aliphatic carboxylic acids is 1. The van der Waals surface area contributed by atoms with Crippen LogP contribution >= 0.6 is 23.3 Å². The number of thioether (sulfide) groups is 1. The van der Waals surface area contributed by atoms with Gasteiger partial charge in [0.05, 0.1) is 0 Å². The molecule has 2 atom stereocenters. The number of nitrogens with zero attached hydrogens (tertiary/aromatic N) is 7. The number of nitrogen functional groups attached to an aromatic ring is 1. The van der Waals surface area contributed by atoms with Crippen LogP contribution in [0.3, 0.4) is 0 Å². The first kappa shape index (κ1) is 23.8. The Morgan fingerprint density at radius 3 is 2.89 bits per heavy atom. The fraction of sp³-hybridized carbons (Fsp3) is 0.350. The van der Waals surface area contributed by atoms with Crippen LogP contribution < -0.4 is 11.1 Å². The maximum atomic E-state index is 13.0. The van der Waals surface area contributed by atoms with Crippen LogP contribution in [0.15, 0.2) is 45.3 Å². The number of anilines is 1. The van der Waals surface area contributed by atoms with Crippen molar-refractivity contribution in [2.75, 3.05) is 25.1 Å². The highest BCUT2D eigenvalue weighted by Gasteiger charge is 2.54. The van der Waals surface area contributed by atoms with Crippen molar-refractivity contribution in [1.29, 1.82) is 0 Å². The summed E-state index contributed by atoms with van der Waals surface area (Å²) >= 11 is 2.26. The second-order valence-electron chi connectivity index (χ2n) is 8.07. The summed E-state index contributed by atoms with van der Waals surface area (Å²) in [5, 5.41) is 21.9. The maximum Gasteiger partial charge on any atom is 0.352 e. The van der Waals surface area contributed by atoms with Crippen LogP contribution in [0.4, 0.5) is 5.13 Å². The summed E-state index contributed by atoms with van der Waals surface area (Å²) in [4.78, 5) is 49.9. The van der Waals surface area contributed by atoms with Crippen LogP contribution in [0.2, 0.25) is 0 Å². The maximum absolute atomic E-state index is 13.0. The monoisotopic (exact) mass is 531 g/mol. The molecule has 0 saturated carbocycles. The van der Waals surface area contributed by atoms with E-state index >= 15 is 0 Å². The number of hydrogen-bond acceptors (Lipinski definition) is 13. The van der Waals surface area contributed by atoms with Crippen molar-refractivity contribution in [3.8, 4) is 0 Å². The number of nitrogens with two attached hydrogens (primary N) is 1. The third kappa shape index (κ3) is 3.97. The van der Waals surface area contributed by atoms with E-state index in [0.717, 1.165) is 22.9 Å². The van der Waals surface area contributed by atoms with Gasteiger partial charge in [0, 0.05) is 48.9 Å². The van der Waals surface area contributed by atoms with Gasteiger partial charge in [-0.05, 0) is 18.1 Å². The van der Waals surface area contributed by atoms with Crippen molar-refractivity contribution in [3.05, 3.63) is 40.9 Å². The molecule has 1 fully saturated rings. The Morgan fingerprint density at radius 2 is 2.19 bits per heavy atom. The molecule has 0 bridgehead atoms. The number of rotatable bonds is 7. The number of allylic oxidation sites excluding steroid dienone is 1. The van der Waals surface area contributed by atoms with Gasteiger partial charge in [0.2, 0.25) is 11.5 Å². The lowest BCUT2D eigenvalue weighted by Gasteiger charge is -2.49. The van der Waals surface area contributed by atoms with Crippen molar-refractivity contribution >= 4 is 58.1 Å². The Labute approximate surface area is 213 Å². The van der Waals surface area contributed by atoms with Gasteiger partial charge < -0.3 is 25.9 Å². The Balaban J connectivity index is 1.34. The number of oxime groups is 1. The highest BCUT2D eigenvalue weighted by atomic mass is 32.2. The zero-order valence-corrected chi connectivity index (χ0v) is 20.7. The van der Waals surface area contributed by atoms with Crippen LogP contribution in [0, 0.1) is 0 Å². The molecule has 36 heavy (non-hydrogen) atoms. The highest BCUT2D eigenvalue weighted by Crippen LogP contribution is 2.41. The number of β-lactam (4-membered cyclic amide) rings is 1. The van der Waals surface area contributed by atoms with E-state index in [9.17, 15) is 19.5 Å². The summed E-state index contributed by atoms with van der Waals surface area (Å²) < 4.78 is 3.96. The lowest BCUT2D eigenvalue weighted by molar-refractivity contribution is -0.150. The zero-order valence-electron chi connectivity index (χ0n) is 19.1. The minimum absolute atomic E-state index is 0.0328. The number of aromatic nitrogens is 2. The molecule has 4 aliphatic heterocycles. The normalized spacial score (nSPS) is 23.1. The molecule has 1 saturated heterocycles. The van der Waals surface area contributed by atoms with Crippen LogP contribution in [-0.4, -0.2) is 89.8 Å². The van der Waals surface area contributed by atoms with Gasteiger partial charge in [0.15, 0.2) is 5.13 Å². The lowest BCUT2D eigenvalue weighted by atomic mass is 10.0. The van der Waals surface area contributed by atoms with Gasteiger partial charge in [-0.3, -0.25) is 14.5 Å². The van der Waals surface area contributed by atoms with Crippen molar-refractivity contribution in [1.82, 2.24) is 29.5 Å². The number of nitrogens with one attached hydrogen (secondary N) is 1. The fourth-order valence-electron chi connectivity index (χ4n) is 4.26. The first-order valence-corrected chi connectivity index (χ1v) is 12.5. The lowest BCUT2D eigenvalue weighted by Crippen LogP contribution is -2.71. The van der Waals surface area contributed by atoms with Crippen LogP contribution in [-0.2, 0) is 19.2 Å². The molecule has 188 valence electrons. The van der Waals surface area contributed by atoms with Gasteiger partial charge >= 0.3 is 5.97 Å². The van der Waals surface area contributed by atoms with Crippen molar-refractivity contribution in [2.24, 2.45) is 10.3 Å². The summed E-state index contributed by atoms with van der Waals surface area (Å²) in [6.45, 7) is 2.29. The molecule has 0 spiro atoms. The summed E-state index contributed by atoms with van der Waals surface area (Å²) in [5.74, 6) is -1.26. The average molecular weight is 532 g/mol. The molecule has 2 amide bonds. The molecule has 4 N–H and O–H groups in total. The van der Waals surface area contributed by atoms with E-state index in [1.807, 2.05) is 24.2 Å². The average Bonchev–Trinajstić information content (AvgIpc) is 3.47. The van der Waals surface area contributed by atoms with Crippen molar-refractivity contribution in [2.45, 2.75) is 24.8 Å². The molecule has 1 aromatic heterocycles. The zero-order chi connectivity index (χ0) is 25.6. The van der Waals surface area contributed by atoms with Gasteiger partial charge in [-0.25, -0.2) is 9.80 Å². The molecule has 16 heteroatoms. The van der Waals surface area contributed by atoms with Crippen molar-refractivity contribution in [3.63, 3.8) is 0 Å². The van der Waals surface area contributed by atoms with E-state index in [1.165, 1.54) is 23.8 Å². The highest BCUT2D eigenvalue weighted by molar-refractivity contribution is 8.00. The number of hydrogen-bond donors (Lipinski definition) is 3. The minimum Gasteiger partial charge on any atom is -0.477 e. The predicted octanol–water partition coefficient (Wildman–Crippen LogP) is -0.0808. The molecular formula is C20H21N9O5S2. The molecule has 5 heterocycles. The quantitative estimate of drug-likeness (QED) is 0.243. The second kappa shape index (κ2) is 9.27. The summed E-state index contributed by atoms with van der Waals surface area (Å²) in [6.07, 6.45) is 6.15. The van der Waals surface area contributed by atoms with Gasteiger partial charge in [-0.15, -0.1) is 11.8 Å². The van der Waals surface area contributed by atoms with E-state index in [2.05, 4.69) is 24.9 Å². The predicted molar refractivity (Wildman–Crippen MR) is 131 cm³/mol. The second-order valence-corrected chi connectivity index (χ2v) is 9.96. The number of hydrazone groups is 1. The summed E-state index contributed by atoms with van der Waals surface area (Å²) in [7, 11) is 1.26. The SMILES string of the molecule is CON=C(C(=O)N[C@@H]1C(=O)N2C(C(=O)O)=C(CN3C=CN4N=CCC(C)=C34)CS[C@@H]12)c1nsc(N)n1. The number of amides is 2. The van der Waals surface area contributed by atoms with Crippen molar-refractivity contribution < 1.29 is 24.3 Å². The number of fused-ring (bicyclic) bond motifs is 2. The van der Waals surface area contributed by atoms with Gasteiger partial charge in [-0.1, -0.05) is 5.16 Å². The number of carbonyl (C=O) groups is 3. The van der Waals surface area contributed by atoms with E-state index < -0.39 is 29.2 Å². The molecular weight excluding hydrogens is 510 g/mol. The van der Waals surface area contributed by atoms with E-state index in [0.29, 0.717) is 24.3 Å².